The third kappa shape index (κ3) is 6.78. The zero-order chi connectivity index (χ0) is 16.7. The molecule has 5 heteroatoms. The van der Waals surface area contributed by atoms with E-state index in [9.17, 15) is 0 Å². The summed E-state index contributed by atoms with van der Waals surface area (Å²) < 4.78 is 5.15. The first kappa shape index (κ1) is 20.3. The van der Waals surface area contributed by atoms with Gasteiger partial charge in [-0.3, -0.25) is 4.99 Å². The zero-order valence-corrected chi connectivity index (χ0v) is 16.8. The van der Waals surface area contributed by atoms with Crippen LogP contribution in [0.2, 0.25) is 0 Å². The van der Waals surface area contributed by atoms with E-state index in [0.717, 1.165) is 24.3 Å². The molecule has 0 saturated carbocycles. The van der Waals surface area contributed by atoms with E-state index in [1.165, 1.54) is 16.7 Å². The number of nitrogens with one attached hydrogen (secondary N) is 1. The summed E-state index contributed by atoms with van der Waals surface area (Å²) in [5.41, 5.74) is 10.6. The average molecular weight is 439 g/mol. The van der Waals surface area contributed by atoms with Crippen LogP contribution >= 0.6 is 24.0 Å². The van der Waals surface area contributed by atoms with Gasteiger partial charge in [-0.2, -0.15) is 0 Å². The van der Waals surface area contributed by atoms with E-state index < -0.39 is 0 Å². The Bertz CT molecular complexity index is 649. The number of benzene rings is 2. The zero-order valence-electron chi connectivity index (χ0n) is 14.5. The van der Waals surface area contributed by atoms with Crippen LogP contribution in [0.1, 0.15) is 23.1 Å². The number of nitrogens with two attached hydrogens (primary N) is 1. The molecule has 130 valence electrons. The van der Waals surface area contributed by atoms with Gasteiger partial charge in [-0.1, -0.05) is 18.2 Å². The Labute approximate surface area is 161 Å². The lowest BCUT2D eigenvalue weighted by Gasteiger charge is -2.08. The topological polar surface area (TPSA) is 59.6 Å². The number of anilines is 1. The average Bonchev–Trinajstić information content (AvgIpc) is 2.51. The number of nitrogens with zero attached hydrogens (tertiary/aromatic N) is 1. The SMILES string of the molecule is COc1ccc(CCCN=C(N)Nc2cc(C)cc(C)c2)cc1.I. The van der Waals surface area contributed by atoms with Gasteiger partial charge in [-0.05, 0) is 67.6 Å². The second kappa shape index (κ2) is 10.2. The van der Waals surface area contributed by atoms with Crippen LogP contribution in [0, 0.1) is 13.8 Å². The Balaban J connectivity index is 0.00000288. The van der Waals surface area contributed by atoms with Crippen molar-refractivity contribution in [3.05, 3.63) is 59.2 Å². The molecule has 3 N–H and O–H groups in total. The van der Waals surface area contributed by atoms with Crippen molar-refractivity contribution in [3.63, 3.8) is 0 Å². The minimum Gasteiger partial charge on any atom is -0.497 e. The highest BCUT2D eigenvalue weighted by Crippen LogP contribution is 2.14. The maximum absolute atomic E-state index is 5.95. The van der Waals surface area contributed by atoms with Gasteiger partial charge in [0.15, 0.2) is 5.96 Å². The van der Waals surface area contributed by atoms with Gasteiger partial charge in [0.05, 0.1) is 7.11 Å². The van der Waals surface area contributed by atoms with Crippen LogP contribution in [-0.4, -0.2) is 19.6 Å². The van der Waals surface area contributed by atoms with Crippen molar-refractivity contribution in [2.45, 2.75) is 26.7 Å². The highest BCUT2D eigenvalue weighted by atomic mass is 127. The van der Waals surface area contributed by atoms with Crippen molar-refractivity contribution in [2.75, 3.05) is 19.0 Å². The molecule has 4 nitrogen and oxygen atoms in total. The van der Waals surface area contributed by atoms with E-state index in [0.29, 0.717) is 12.5 Å². The monoisotopic (exact) mass is 439 g/mol. The smallest absolute Gasteiger partial charge is 0.193 e. The third-order valence-corrected chi connectivity index (χ3v) is 3.56. The van der Waals surface area contributed by atoms with Gasteiger partial charge in [0.25, 0.3) is 0 Å². The maximum Gasteiger partial charge on any atom is 0.193 e. The normalized spacial score (nSPS) is 10.9. The Morgan fingerprint density at radius 3 is 2.29 bits per heavy atom. The lowest BCUT2D eigenvalue weighted by atomic mass is 10.1. The molecular formula is C19H26IN3O. The summed E-state index contributed by atoms with van der Waals surface area (Å²) in [4.78, 5) is 4.39. The molecule has 0 aliphatic rings. The molecule has 0 bridgehead atoms. The standard InChI is InChI=1S/C19H25N3O.HI/c1-14-11-15(2)13-17(12-14)22-19(20)21-10-4-5-16-6-8-18(23-3)9-7-16;/h6-9,11-13H,4-5,10H2,1-3H3,(H3,20,21,22);1H. The minimum absolute atomic E-state index is 0. The van der Waals surface area contributed by atoms with E-state index in [1.807, 2.05) is 12.1 Å². The molecular weight excluding hydrogens is 413 g/mol. The van der Waals surface area contributed by atoms with Gasteiger partial charge < -0.3 is 15.8 Å². The lowest BCUT2D eigenvalue weighted by Crippen LogP contribution is -2.23. The fraction of sp³-hybridized carbons (Fsp3) is 0.316. The predicted octanol–water partition coefficient (Wildman–Crippen LogP) is 4.29. The summed E-state index contributed by atoms with van der Waals surface area (Å²) >= 11 is 0. The van der Waals surface area contributed by atoms with Crippen LogP contribution in [0.5, 0.6) is 5.75 Å². The molecule has 0 fully saturated rings. The van der Waals surface area contributed by atoms with E-state index in [2.05, 4.69) is 54.5 Å². The first-order valence-electron chi connectivity index (χ1n) is 7.85. The number of rotatable bonds is 6. The van der Waals surface area contributed by atoms with E-state index in [4.69, 9.17) is 10.5 Å². The summed E-state index contributed by atoms with van der Waals surface area (Å²) in [6.07, 6.45) is 1.94. The van der Waals surface area contributed by atoms with Gasteiger partial charge >= 0.3 is 0 Å². The van der Waals surface area contributed by atoms with Gasteiger partial charge in [0.2, 0.25) is 0 Å². The van der Waals surface area contributed by atoms with Crippen LogP contribution in [0.25, 0.3) is 0 Å². The molecule has 0 atom stereocenters. The van der Waals surface area contributed by atoms with Crippen molar-refractivity contribution < 1.29 is 4.74 Å². The second-order valence-corrected chi connectivity index (χ2v) is 5.72. The Morgan fingerprint density at radius 2 is 1.71 bits per heavy atom. The molecule has 0 aromatic heterocycles. The number of ether oxygens (including phenoxy) is 1. The molecule has 0 heterocycles. The minimum atomic E-state index is 0. The highest BCUT2D eigenvalue weighted by Gasteiger charge is 1.98. The molecule has 2 aromatic rings. The maximum atomic E-state index is 5.95. The molecule has 0 aliphatic heterocycles. The van der Waals surface area contributed by atoms with Crippen LogP contribution in [-0.2, 0) is 6.42 Å². The first-order valence-corrected chi connectivity index (χ1v) is 7.85. The quantitative estimate of drug-likeness (QED) is 0.306. The van der Waals surface area contributed by atoms with Gasteiger partial charge in [-0.25, -0.2) is 0 Å². The molecule has 2 rings (SSSR count). The Hall–Kier alpha value is -1.76. The summed E-state index contributed by atoms with van der Waals surface area (Å²) in [5.74, 6) is 1.35. The number of halogens is 1. The molecule has 0 saturated heterocycles. The molecule has 0 aliphatic carbocycles. The third-order valence-electron chi connectivity index (χ3n) is 3.56. The Kier molecular flexibility index (Phi) is 8.60. The summed E-state index contributed by atoms with van der Waals surface area (Å²) in [6, 6.07) is 14.4. The van der Waals surface area contributed by atoms with Gasteiger partial charge in [0, 0.05) is 12.2 Å². The number of aryl methyl sites for hydroxylation is 3. The molecule has 0 spiro atoms. The molecule has 0 unspecified atom stereocenters. The van der Waals surface area contributed by atoms with Crippen molar-refractivity contribution in [1.29, 1.82) is 0 Å². The van der Waals surface area contributed by atoms with Crippen LogP contribution < -0.4 is 15.8 Å². The largest absolute Gasteiger partial charge is 0.497 e. The molecule has 2 aromatic carbocycles. The first-order chi connectivity index (χ1) is 11.1. The molecule has 24 heavy (non-hydrogen) atoms. The van der Waals surface area contributed by atoms with E-state index in [-0.39, 0.29) is 24.0 Å². The Morgan fingerprint density at radius 1 is 1.08 bits per heavy atom. The fourth-order valence-electron chi connectivity index (χ4n) is 2.51. The van der Waals surface area contributed by atoms with E-state index in [1.54, 1.807) is 7.11 Å². The highest BCUT2D eigenvalue weighted by molar-refractivity contribution is 14.0. The lowest BCUT2D eigenvalue weighted by molar-refractivity contribution is 0.414. The fourth-order valence-corrected chi connectivity index (χ4v) is 2.51. The number of hydrogen-bond acceptors (Lipinski definition) is 2. The van der Waals surface area contributed by atoms with Gasteiger partial charge in [-0.15, -0.1) is 24.0 Å². The number of methoxy groups -OCH3 is 1. The van der Waals surface area contributed by atoms with Crippen LogP contribution in [0.4, 0.5) is 5.69 Å². The summed E-state index contributed by atoms with van der Waals surface area (Å²) in [5, 5.41) is 3.15. The van der Waals surface area contributed by atoms with E-state index >= 15 is 0 Å². The second-order valence-electron chi connectivity index (χ2n) is 5.72. The molecule has 0 amide bonds. The number of aliphatic imine (C=N–C) groups is 1. The van der Waals surface area contributed by atoms with Crippen molar-refractivity contribution in [3.8, 4) is 5.75 Å². The van der Waals surface area contributed by atoms with Gasteiger partial charge in [0.1, 0.15) is 5.75 Å². The summed E-state index contributed by atoms with van der Waals surface area (Å²) in [7, 11) is 1.68. The van der Waals surface area contributed by atoms with Crippen LogP contribution in [0.3, 0.4) is 0 Å². The van der Waals surface area contributed by atoms with Crippen molar-refractivity contribution >= 4 is 35.6 Å². The summed E-state index contributed by atoms with van der Waals surface area (Å²) in [6.45, 7) is 4.84. The predicted molar refractivity (Wildman–Crippen MR) is 113 cm³/mol. The molecule has 0 radical (unpaired) electrons. The van der Waals surface area contributed by atoms with Crippen molar-refractivity contribution in [2.24, 2.45) is 10.7 Å². The van der Waals surface area contributed by atoms with Crippen LogP contribution in [0.15, 0.2) is 47.5 Å². The number of guanidine groups is 1. The van der Waals surface area contributed by atoms with Crippen molar-refractivity contribution in [1.82, 2.24) is 0 Å². The number of hydrogen-bond donors (Lipinski definition) is 2.